The number of H-pyrrole nitrogens is 1. The first-order valence-corrected chi connectivity index (χ1v) is 6.28. The number of fused-ring (bicyclic) bond motifs is 1. The number of hydrogen-bond acceptors (Lipinski definition) is 4. The molecule has 5 N–H and O–H groups in total. The highest BCUT2D eigenvalue weighted by atomic mass is 15.1. The topological polar surface area (TPSA) is 84.0 Å². The van der Waals surface area contributed by atoms with Gasteiger partial charge in [-0.3, -0.25) is 5.10 Å². The minimum Gasteiger partial charge on any atom is -0.399 e. The van der Waals surface area contributed by atoms with Crippen LogP contribution in [0.25, 0.3) is 10.9 Å². The van der Waals surface area contributed by atoms with Gasteiger partial charge in [0.05, 0.1) is 11.7 Å². The Morgan fingerprint density at radius 3 is 2.25 bits per heavy atom. The molecule has 1 aromatic heterocycles. The zero-order chi connectivity index (χ0) is 14.5. The first-order chi connectivity index (χ1) is 9.56. The van der Waals surface area contributed by atoms with Crippen molar-refractivity contribution in [1.82, 2.24) is 10.2 Å². The monoisotopic (exact) mass is 269 g/mol. The second-order valence-electron chi connectivity index (χ2n) is 4.70. The number of nitrogens with zero attached hydrogens (tertiary/aromatic N) is 2. The number of nitrogens with two attached hydrogens (primary N) is 2. The maximum absolute atomic E-state index is 5.54. The van der Waals surface area contributed by atoms with Gasteiger partial charge in [0.1, 0.15) is 0 Å². The van der Waals surface area contributed by atoms with E-state index in [2.05, 4.69) is 10.2 Å². The molecule has 0 unspecified atom stereocenters. The maximum Gasteiger partial charge on any atom is 0.0670 e. The third kappa shape index (κ3) is 3.41. The van der Waals surface area contributed by atoms with Crippen molar-refractivity contribution in [1.29, 1.82) is 0 Å². The lowest BCUT2D eigenvalue weighted by atomic mass is 10.2. The van der Waals surface area contributed by atoms with Crippen LogP contribution in [-0.4, -0.2) is 24.3 Å². The Morgan fingerprint density at radius 2 is 1.60 bits per heavy atom. The molecule has 5 nitrogen and oxygen atoms in total. The van der Waals surface area contributed by atoms with Crippen molar-refractivity contribution in [2.24, 2.45) is 0 Å². The van der Waals surface area contributed by atoms with Gasteiger partial charge in [-0.05, 0) is 42.5 Å². The van der Waals surface area contributed by atoms with E-state index in [0.717, 1.165) is 22.3 Å². The van der Waals surface area contributed by atoms with Crippen molar-refractivity contribution in [2.75, 3.05) is 30.5 Å². The zero-order valence-corrected chi connectivity index (χ0v) is 11.7. The Balaban J connectivity index is 0.000000147. The number of benzene rings is 2. The Labute approximate surface area is 118 Å². The number of aromatic nitrogens is 2. The third-order valence-corrected chi connectivity index (χ3v) is 2.88. The summed E-state index contributed by atoms with van der Waals surface area (Å²) in [5.41, 5.74) is 14.8. The normalized spacial score (nSPS) is 9.90. The average Bonchev–Trinajstić information content (AvgIpc) is 2.87. The van der Waals surface area contributed by atoms with Crippen LogP contribution >= 0.6 is 0 Å². The maximum atomic E-state index is 5.54. The summed E-state index contributed by atoms with van der Waals surface area (Å²) in [7, 11) is 4.01. The van der Waals surface area contributed by atoms with E-state index in [4.69, 9.17) is 11.5 Å². The summed E-state index contributed by atoms with van der Waals surface area (Å²) < 4.78 is 0. The van der Waals surface area contributed by atoms with Gasteiger partial charge in [0.15, 0.2) is 0 Å². The van der Waals surface area contributed by atoms with Gasteiger partial charge in [0.2, 0.25) is 0 Å². The Kier molecular flexibility index (Phi) is 4.10. The van der Waals surface area contributed by atoms with Crippen LogP contribution in [0.2, 0.25) is 0 Å². The molecule has 2 aromatic carbocycles. The van der Waals surface area contributed by atoms with Gasteiger partial charge in [-0.2, -0.15) is 5.10 Å². The molecule has 0 spiro atoms. The van der Waals surface area contributed by atoms with Crippen LogP contribution in [0.4, 0.5) is 17.1 Å². The first kappa shape index (κ1) is 13.7. The van der Waals surface area contributed by atoms with Gasteiger partial charge in [0.25, 0.3) is 0 Å². The van der Waals surface area contributed by atoms with E-state index >= 15 is 0 Å². The highest BCUT2D eigenvalue weighted by Gasteiger charge is 1.93. The number of hydrogen-bond donors (Lipinski definition) is 3. The molecule has 0 aliphatic heterocycles. The molecule has 1 heterocycles. The number of aromatic amines is 1. The lowest BCUT2D eigenvalue weighted by Crippen LogP contribution is -2.08. The van der Waals surface area contributed by atoms with Gasteiger partial charge < -0.3 is 16.4 Å². The molecule has 3 aromatic rings. The number of anilines is 3. The molecule has 0 radical (unpaired) electrons. The second kappa shape index (κ2) is 5.97. The molecule has 0 fully saturated rings. The van der Waals surface area contributed by atoms with Crippen LogP contribution in [0.1, 0.15) is 0 Å². The molecule has 0 saturated carbocycles. The van der Waals surface area contributed by atoms with Crippen LogP contribution < -0.4 is 16.4 Å². The first-order valence-electron chi connectivity index (χ1n) is 6.28. The van der Waals surface area contributed by atoms with Gasteiger partial charge >= 0.3 is 0 Å². The summed E-state index contributed by atoms with van der Waals surface area (Å²) in [4.78, 5) is 2.04. The molecular weight excluding hydrogens is 250 g/mol. The Morgan fingerprint density at radius 1 is 0.950 bits per heavy atom. The van der Waals surface area contributed by atoms with E-state index < -0.39 is 0 Å². The molecule has 0 bridgehead atoms. The van der Waals surface area contributed by atoms with Crippen molar-refractivity contribution in [3.05, 3.63) is 48.7 Å². The second-order valence-corrected chi connectivity index (χ2v) is 4.70. The SMILES string of the molecule is CN(C)c1ccc(N)cc1.Nc1ccc2cn[nH]c2c1. The van der Waals surface area contributed by atoms with Crippen molar-refractivity contribution >= 4 is 28.0 Å². The van der Waals surface area contributed by atoms with E-state index in [1.165, 1.54) is 5.69 Å². The highest BCUT2D eigenvalue weighted by molar-refractivity contribution is 5.80. The number of rotatable bonds is 1. The minimum atomic E-state index is 0.761. The largest absolute Gasteiger partial charge is 0.399 e. The minimum absolute atomic E-state index is 0.761. The fourth-order valence-electron chi connectivity index (χ4n) is 1.73. The molecule has 20 heavy (non-hydrogen) atoms. The fraction of sp³-hybridized carbons (Fsp3) is 0.133. The summed E-state index contributed by atoms with van der Waals surface area (Å²) >= 11 is 0. The molecule has 5 heteroatoms. The molecule has 0 aliphatic carbocycles. The summed E-state index contributed by atoms with van der Waals surface area (Å²) in [6.07, 6.45) is 1.77. The van der Waals surface area contributed by atoms with E-state index in [-0.39, 0.29) is 0 Å². The smallest absolute Gasteiger partial charge is 0.0670 e. The molecule has 0 saturated heterocycles. The Hall–Kier alpha value is -2.69. The standard InChI is InChI=1S/C8H12N2.C7H7N3/c1-10(2)8-5-3-7(9)4-6-8;8-6-2-1-5-4-9-10-7(5)3-6/h3-6H,9H2,1-2H3;1-4H,8H2,(H,9,10). The van der Waals surface area contributed by atoms with E-state index in [1.54, 1.807) is 6.20 Å². The average molecular weight is 269 g/mol. The van der Waals surface area contributed by atoms with Gasteiger partial charge in [-0.15, -0.1) is 0 Å². The van der Waals surface area contributed by atoms with Gasteiger partial charge in [0, 0.05) is 36.5 Å². The van der Waals surface area contributed by atoms with Crippen molar-refractivity contribution in [2.45, 2.75) is 0 Å². The van der Waals surface area contributed by atoms with Gasteiger partial charge in [-0.25, -0.2) is 0 Å². The predicted molar refractivity (Wildman–Crippen MR) is 85.7 cm³/mol. The molecule has 3 rings (SSSR count). The molecule has 0 amide bonds. The lowest BCUT2D eigenvalue weighted by Gasteiger charge is -2.11. The lowest BCUT2D eigenvalue weighted by molar-refractivity contribution is 1.12. The van der Waals surface area contributed by atoms with Crippen LogP contribution in [0, 0.1) is 0 Å². The van der Waals surface area contributed by atoms with E-state index in [0.29, 0.717) is 0 Å². The van der Waals surface area contributed by atoms with Crippen molar-refractivity contribution < 1.29 is 0 Å². The zero-order valence-electron chi connectivity index (χ0n) is 11.7. The summed E-state index contributed by atoms with van der Waals surface area (Å²) in [5.74, 6) is 0. The van der Waals surface area contributed by atoms with Crippen molar-refractivity contribution in [3.8, 4) is 0 Å². The van der Waals surface area contributed by atoms with Crippen LogP contribution in [0.15, 0.2) is 48.7 Å². The van der Waals surface area contributed by atoms with E-state index in [1.807, 2.05) is 61.5 Å². The fourth-order valence-corrected chi connectivity index (χ4v) is 1.73. The quantitative estimate of drug-likeness (QED) is 0.593. The van der Waals surface area contributed by atoms with Crippen LogP contribution in [-0.2, 0) is 0 Å². The summed E-state index contributed by atoms with van der Waals surface area (Å²) in [5, 5.41) is 7.78. The van der Waals surface area contributed by atoms with Crippen LogP contribution in [0.3, 0.4) is 0 Å². The molecular formula is C15H19N5. The van der Waals surface area contributed by atoms with E-state index in [9.17, 15) is 0 Å². The molecule has 0 aliphatic rings. The summed E-state index contributed by atoms with van der Waals surface area (Å²) in [6.45, 7) is 0. The highest BCUT2D eigenvalue weighted by Crippen LogP contribution is 2.13. The van der Waals surface area contributed by atoms with Crippen LogP contribution in [0.5, 0.6) is 0 Å². The number of nitrogens with one attached hydrogen (secondary N) is 1. The third-order valence-electron chi connectivity index (χ3n) is 2.88. The molecule has 104 valence electrons. The number of nitrogen functional groups attached to an aromatic ring is 2. The molecule has 0 atom stereocenters. The summed E-state index contributed by atoms with van der Waals surface area (Å²) in [6, 6.07) is 13.4. The Bertz CT molecular complexity index is 670. The van der Waals surface area contributed by atoms with Gasteiger partial charge in [-0.1, -0.05) is 0 Å². The predicted octanol–water partition coefficient (Wildman–Crippen LogP) is 2.48. The van der Waals surface area contributed by atoms with Crippen molar-refractivity contribution in [3.63, 3.8) is 0 Å².